The third-order valence-corrected chi connectivity index (χ3v) is 2.91. The maximum atomic E-state index is 5.52. The minimum Gasteiger partial charge on any atom is -0.377 e. The fourth-order valence-electron chi connectivity index (χ4n) is 1.85. The van der Waals surface area contributed by atoms with Crippen molar-refractivity contribution in [3.63, 3.8) is 0 Å². The van der Waals surface area contributed by atoms with E-state index < -0.39 is 0 Å². The molecule has 2 nitrogen and oxygen atoms in total. The van der Waals surface area contributed by atoms with Crippen molar-refractivity contribution in [1.82, 2.24) is 4.90 Å². The van der Waals surface area contributed by atoms with Crippen LogP contribution < -0.4 is 0 Å². The van der Waals surface area contributed by atoms with Gasteiger partial charge in [-0.1, -0.05) is 0 Å². The summed E-state index contributed by atoms with van der Waals surface area (Å²) >= 11 is 0. The Labute approximate surface area is 75.9 Å². The Kier molecular flexibility index (Phi) is 3.13. The van der Waals surface area contributed by atoms with Crippen LogP contribution in [-0.4, -0.2) is 36.7 Å². The van der Waals surface area contributed by atoms with Crippen LogP contribution in [0.4, 0.5) is 0 Å². The molecule has 0 amide bonds. The third kappa shape index (κ3) is 2.20. The maximum Gasteiger partial charge on any atom is 0.0777 e. The predicted molar refractivity (Wildman–Crippen MR) is 51.4 cm³/mol. The molecule has 1 heterocycles. The molecule has 72 valence electrons. The van der Waals surface area contributed by atoms with Crippen LogP contribution in [0, 0.1) is 0 Å². The van der Waals surface area contributed by atoms with Crippen molar-refractivity contribution in [2.45, 2.75) is 45.3 Å². The number of rotatable bonds is 2. The standard InChI is InChI=1S/C10H21NO/c1-9(2)11-7-5-6-10(3,8-11)12-4/h9H,5-8H2,1-4H3/t10-/m0/s1. The van der Waals surface area contributed by atoms with Gasteiger partial charge in [0.1, 0.15) is 0 Å². The first-order valence-corrected chi connectivity index (χ1v) is 4.86. The SMILES string of the molecule is CO[C@@]1(C)CCCN(C(C)C)C1. The number of piperidine rings is 1. The molecule has 0 radical (unpaired) electrons. The summed E-state index contributed by atoms with van der Waals surface area (Å²) in [7, 11) is 1.82. The molecule has 0 saturated carbocycles. The largest absolute Gasteiger partial charge is 0.377 e. The van der Waals surface area contributed by atoms with Crippen molar-refractivity contribution in [1.29, 1.82) is 0 Å². The van der Waals surface area contributed by atoms with Gasteiger partial charge in [-0.05, 0) is 40.2 Å². The van der Waals surface area contributed by atoms with Crippen LogP contribution in [-0.2, 0) is 4.74 Å². The van der Waals surface area contributed by atoms with Crippen molar-refractivity contribution < 1.29 is 4.74 Å². The molecule has 0 N–H and O–H groups in total. The van der Waals surface area contributed by atoms with Gasteiger partial charge in [-0.15, -0.1) is 0 Å². The molecule has 0 unspecified atom stereocenters. The van der Waals surface area contributed by atoms with E-state index in [2.05, 4.69) is 25.7 Å². The van der Waals surface area contributed by atoms with E-state index in [1.165, 1.54) is 19.4 Å². The molecule has 12 heavy (non-hydrogen) atoms. The van der Waals surface area contributed by atoms with Crippen LogP contribution >= 0.6 is 0 Å². The first-order chi connectivity index (χ1) is 5.57. The maximum absolute atomic E-state index is 5.52. The van der Waals surface area contributed by atoms with Gasteiger partial charge in [0.15, 0.2) is 0 Å². The highest BCUT2D eigenvalue weighted by Gasteiger charge is 2.31. The zero-order valence-electron chi connectivity index (χ0n) is 8.76. The van der Waals surface area contributed by atoms with Gasteiger partial charge in [-0.3, -0.25) is 4.90 Å². The van der Waals surface area contributed by atoms with Gasteiger partial charge in [-0.25, -0.2) is 0 Å². The van der Waals surface area contributed by atoms with E-state index in [1.54, 1.807) is 0 Å². The Morgan fingerprint density at radius 2 is 2.08 bits per heavy atom. The van der Waals surface area contributed by atoms with Crippen molar-refractivity contribution in [2.24, 2.45) is 0 Å². The molecular weight excluding hydrogens is 150 g/mol. The second kappa shape index (κ2) is 3.75. The van der Waals surface area contributed by atoms with Crippen molar-refractivity contribution >= 4 is 0 Å². The molecule has 0 aromatic carbocycles. The van der Waals surface area contributed by atoms with Gasteiger partial charge >= 0.3 is 0 Å². The average molecular weight is 171 g/mol. The van der Waals surface area contributed by atoms with E-state index in [0.717, 1.165) is 6.54 Å². The lowest BCUT2D eigenvalue weighted by atomic mass is 9.94. The number of methoxy groups -OCH3 is 1. The lowest BCUT2D eigenvalue weighted by Gasteiger charge is -2.41. The second-order valence-electron chi connectivity index (χ2n) is 4.32. The van der Waals surface area contributed by atoms with E-state index in [1.807, 2.05) is 7.11 Å². The van der Waals surface area contributed by atoms with Crippen LogP contribution in [0.3, 0.4) is 0 Å². The first-order valence-electron chi connectivity index (χ1n) is 4.86. The third-order valence-electron chi connectivity index (χ3n) is 2.91. The zero-order valence-corrected chi connectivity index (χ0v) is 8.76. The summed E-state index contributed by atoms with van der Waals surface area (Å²) in [6.45, 7) is 9.03. The quantitative estimate of drug-likeness (QED) is 0.629. The van der Waals surface area contributed by atoms with E-state index in [0.29, 0.717) is 6.04 Å². The van der Waals surface area contributed by atoms with Crippen LogP contribution in [0.5, 0.6) is 0 Å². The van der Waals surface area contributed by atoms with Crippen LogP contribution in [0.15, 0.2) is 0 Å². The molecule has 0 aromatic rings. The number of likely N-dealkylation sites (tertiary alicyclic amines) is 1. The molecule has 0 aromatic heterocycles. The molecule has 2 heteroatoms. The zero-order chi connectivity index (χ0) is 9.19. The van der Waals surface area contributed by atoms with Crippen LogP contribution in [0.2, 0.25) is 0 Å². The van der Waals surface area contributed by atoms with Gasteiger partial charge < -0.3 is 4.74 Å². The molecular formula is C10H21NO. The highest BCUT2D eigenvalue weighted by atomic mass is 16.5. The minimum absolute atomic E-state index is 0.0997. The highest BCUT2D eigenvalue weighted by molar-refractivity contribution is 4.85. The van der Waals surface area contributed by atoms with Gasteiger partial charge in [-0.2, -0.15) is 0 Å². The summed E-state index contributed by atoms with van der Waals surface area (Å²) in [5.41, 5.74) is 0.0997. The van der Waals surface area contributed by atoms with Crippen LogP contribution in [0.25, 0.3) is 0 Å². The molecule has 0 aliphatic carbocycles. The fourth-order valence-corrected chi connectivity index (χ4v) is 1.85. The topological polar surface area (TPSA) is 12.5 Å². The predicted octanol–water partition coefficient (Wildman–Crippen LogP) is 1.90. The lowest BCUT2D eigenvalue weighted by molar-refractivity contribution is -0.0578. The fraction of sp³-hybridized carbons (Fsp3) is 1.00. The number of nitrogens with zero attached hydrogens (tertiary/aromatic N) is 1. The summed E-state index contributed by atoms with van der Waals surface area (Å²) in [5.74, 6) is 0. The van der Waals surface area contributed by atoms with Gasteiger partial charge in [0.05, 0.1) is 5.60 Å². The van der Waals surface area contributed by atoms with Gasteiger partial charge in [0.2, 0.25) is 0 Å². The molecule has 0 bridgehead atoms. The highest BCUT2D eigenvalue weighted by Crippen LogP contribution is 2.24. The minimum atomic E-state index is 0.0997. The molecule has 1 aliphatic rings. The van der Waals surface area contributed by atoms with Crippen molar-refractivity contribution in [3.8, 4) is 0 Å². The Morgan fingerprint density at radius 1 is 1.42 bits per heavy atom. The van der Waals surface area contributed by atoms with Gasteiger partial charge in [0.25, 0.3) is 0 Å². The molecule has 1 saturated heterocycles. The smallest absolute Gasteiger partial charge is 0.0777 e. The summed E-state index contributed by atoms with van der Waals surface area (Å²) in [5, 5.41) is 0. The monoisotopic (exact) mass is 171 g/mol. The molecule has 1 fully saturated rings. The van der Waals surface area contributed by atoms with Gasteiger partial charge in [0, 0.05) is 19.7 Å². The lowest BCUT2D eigenvalue weighted by Crippen LogP contribution is -2.49. The Bertz CT molecular complexity index is 147. The summed E-state index contributed by atoms with van der Waals surface area (Å²) < 4.78 is 5.52. The van der Waals surface area contributed by atoms with Crippen molar-refractivity contribution in [2.75, 3.05) is 20.2 Å². The number of ether oxygens (including phenoxy) is 1. The average Bonchev–Trinajstić information content (AvgIpc) is 2.05. The van der Waals surface area contributed by atoms with E-state index in [-0.39, 0.29) is 5.60 Å². The molecule has 1 atom stereocenters. The summed E-state index contributed by atoms with van der Waals surface area (Å²) in [4.78, 5) is 2.49. The molecule has 1 aliphatic heterocycles. The van der Waals surface area contributed by atoms with E-state index in [4.69, 9.17) is 4.74 Å². The number of hydrogen-bond donors (Lipinski definition) is 0. The van der Waals surface area contributed by atoms with E-state index in [9.17, 15) is 0 Å². The normalized spacial score (nSPS) is 32.8. The Hall–Kier alpha value is -0.0800. The second-order valence-corrected chi connectivity index (χ2v) is 4.32. The Morgan fingerprint density at radius 3 is 2.58 bits per heavy atom. The molecule has 0 spiro atoms. The first kappa shape index (κ1) is 10.0. The van der Waals surface area contributed by atoms with E-state index >= 15 is 0 Å². The Balaban J connectivity index is 2.51. The summed E-state index contributed by atoms with van der Waals surface area (Å²) in [6, 6.07) is 0.653. The number of hydrogen-bond acceptors (Lipinski definition) is 2. The molecule has 1 rings (SSSR count). The summed E-state index contributed by atoms with van der Waals surface area (Å²) in [6.07, 6.45) is 2.47. The van der Waals surface area contributed by atoms with Crippen LogP contribution in [0.1, 0.15) is 33.6 Å². The van der Waals surface area contributed by atoms with Crippen molar-refractivity contribution in [3.05, 3.63) is 0 Å².